The van der Waals surface area contributed by atoms with Crippen molar-refractivity contribution in [1.29, 1.82) is 0 Å². The molecule has 10 nitrogen and oxygen atoms in total. The highest BCUT2D eigenvalue weighted by molar-refractivity contribution is 5.95. The van der Waals surface area contributed by atoms with E-state index >= 15 is 4.39 Å². The Kier molecular flexibility index (Phi) is 9.21. The Labute approximate surface area is 256 Å². The van der Waals surface area contributed by atoms with Crippen molar-refractivity contribution in [3.63, 3.8) is 0 Å². The van der Waals surface area contributed by atoms with Crippen molar-refractivity contribution in [2.45, 2.75) is 38.0 Å². The fraction of sp³-hybridized carbons (Fsp3) is 0.290. The summed E-state index contributed by atoms with van der Waals surface area (Å²) >= 11 is 0. The summed E-state index contributed by atoms with van der Waals surface area (Å²) in [5.41, 5.74) is 1.39. The van der Waals surface area contributed by atoms with Crippen molar-refractivity contribution >= 4 is 39.8 Å². The van der Waals surface area contributed by atoms with Gasteiger partial charge in [0.25, 0.3) is 0 Å². The lowest BCUT2D eigenvalue weighted by atomic mass is 10.0. The highest BCUT2D eigenvalue weighted by atomic mass is 19.4. The number of alkyl halides is 3. The first kappa shape index (κ1) is 31.3. The average Bonchev–Trinajstić information content (AvgIpc) is 3.02. The lowest BCUT2D eigenvalue weighted by Crippen LogP contribution is -2.41. The molecule has 0 spiro atoms. The second-order valence-electron chi connectivity index (χ2n) is 10.4. The molecule has 4 aromatic rings. The fourth-order valence-corrected chi connectivity index (χ4v) is 4.84. The molecule has 236 valence electrons. The van der Waals surface area contributed by atoms with Crippen LogP contribution in [0.3, 0.4) is 0 Å². The minimum Gasteiger partial charge on any atom is -0.495 e. The number of piperidine rings is 1. The van der Waals surface area contributed by atoms with Gasteiger partial charge in [-0.1, -0.05) is 6.58 Å². The molecule has 0 radical (unpaired) electrons. The zero-order chi connectivity index (χ0) is 32.1. The molecule has 1 atom stereocenters. The van der Waals surface area contributed by atoms with Crippen LogP contribution in [0, 0.1) is 5.82 Å². The quantitative estimate of drug-likeness (QED) is 0.132. The number of nitrogens with one attached hydrogen (secondary N) is 3. The number of carbonyl (C=O) groups excluding carboxylic acids is 1. The van der Waals surface area contributed by atoms with Gasteiger partial charge in [-0.25, -0.2) is 19.3 Å². The van der Waals surface area contributed by atoms with Crippen LogP contribution in [0.1, 0.15) is 19.8 Å². The van der Waals surface area contributed by atoms with E-state index < -0.39 is 18.0 Å². The first-order valence-electron chi connectivity index (χ1n) is 14.1. The average molecular weight is 626 g/mol. The fourth-order valence-electron chi connectivity index (χ4n) is 4.84. The number of halogens is 4. The minimum absolute atomic E-state index is 0.0366. The number of pyridine rings is 1. The molecular formula is C31H31F4N7O3. The van der Waals surface area contributed by atoms with Crippen LogP contribution in [0.15, 0.2) is 67.6 Å². The van der Waals surface area contributed by atoms with Gasteiger partial charge in [0.05, 0.1) is 24.0 Å². The summed E-state index contributed by atoms with van der Waals surface area (Å²) in [7, 11) is 1.56. The molecule has 1 saturated heterocycles. The predicted molar refractivity (Wildman–Crippen MR) is 163 cm³/mol. The van der Waals surface area contributed by atoms with Gasteiger partial charge >= 0.3 is 6.18 Å². The van der Waals surface area contributed by atoms with Crippen LogP contribution in [0.4, 0.5) is 40.6 Å². The Bertz CT molecular complexity index is 1690. The number of aromatic nitrogens is 3. The third-order valence-electron chi connectivity index (χ3n) is 7.31. The highest BCUT2D eigenvalue weighted by Crippen LogP contribution is 2.35. The molecule has 3 heterocycles. The molecule has 1 fully saturated rings. The van der Waals surface area contributed by atoms with E-state index in [1.54, 1.807) is 18.1 Å². The van der Waals surface area contributed by atoms with E-state index in [0.29, 0.717) is 41.2 Å². The first-order chi connectivity index (χ1) is 21.5. The van der Waals surface area contributed by atoms with Crippen LogP contribution in [0.5, 0.6) is 17.2 Å². The van der Waals surface area contributed by atoms with E-state index in [-0.39, 0.29) is 35.0 Å². The van der Waals surface area contributed by atoms with Crippen LogP contribution >= 0.6 is 0 Å². The van der Waals surface area contributed by atoms with Gasteiger partial charge in [0, 0.05) is 48.9 Å². The second kappa shape index (κ2) is 13.2. The topological polar surface area (TPSA) is 114 Å². The molecule has 2 aromatic carbocycles. The maximum atomic E-state index is 15.2. The third kappa shape index (κ3) is 7.51. The molecule has 0 aliphatic carbocycles. The maximum absolute atomic E-state index is 15.2. The molecule has 3 N–H and O–H groups in total. The molecule has 0 unspecified atom stereocenters. The Hall–Kier alpha value is -5.14. The van der Waals surface area contributed by atoms with Crippen molar-refractivity contribution in [3.8, 4) is 17.2 Å². The summed E-state index contributed by atoms with van der Waals surface area (Å²) in [6, 6.07) is 8.75. The zero-order valence-electron chi connectivity index (χ0n) is 24.5. The van der Waals surface area contributed by atoms with Gasteiger partial charge in [0.15, 0.2) is 0 Å². The molecular weight excluding hydrogens is 594 g/mol. The Morgan fingerprint density at radius 1 is 1.07 bits per heavy atom. The van der Waals surface area contributed by atoms with Gasteiger partial charge in [-0.3, -0.25) is 4.79 Å². The zero-order valence-corrected chi connectivity index (χ0v) is 24.5. The van der Waals surface area contributed by atoms with E-state index in [4.69, 9.17) is 9.47 Å². The Morgan fingerprint density at radius 3 is 2.51 bits per heavy atom. The lowest BCUT2D eigenvalue weighted by molar-refractivity contribution is -0.138. The molecule has 1 aliphatic rings. The number of nitrogens with zero attached hydrogens (tertiary/aromatic N) is 4. The summed E-state index contributed by atoms with van der Waals surface area (Å²) in [6.45, 7) is 5.73. The highest BCUT2D eigenvalue weighted by Gasteiger charge is 2.36. The number of hydrogen-bond donors (Lipinski definition) is 3. The number of hydrogen-bond acceptors (Lipinski definition) is 9. The Morgan fingerprint density at radius 2 is 1.82 bits per heavy atom. The second-order valence-corrected chi connectivity index (χ2v) is 10.4. The van der Waals surface area contributed by atoms with Gasteiger partial charge in [-0.05, 0) is 50.1 Å². The number of amides is 1. The number of benzene rings is 2. The van der Waals surface area contributed by atoms with E-state index in [0.717, 1.165) is 25.8 Å². The number of likely N-dealkylation sites (tertiary alicyclic amines) is 1. The number of methoxy groups -OCH3 is 1. The van der Waals surface area contributed by atoms with Crippen molar-refractivity contribution in [1.82, 2.24) is 19.9 Å². The lowest BCUT2D eigenvalue weighted by Gasteiger charge is -2.32. The molecule has 1 amide bonds. The van der Waals surface area contributed by atoms with Gasteiger partial charge in [0.1, 0.15) is 47.1 Å². The predicted octanol–water partition coefficient (Wildman–Crippen LogP) is 6.66. The smallest absolute Gasteiger partial charge is 0.408 e. The van der Waals surface area contributed by atoms with Crippen LogP contribution in [0.2, 0.25) is 0 Å². The number of fused-ring (bicyclic) bond motifs is 1. The maximum Gasteiger partial charge on any atom is 0.408 e. The summed E-state index contributed by atoms with van der Waals surface area (Å²) in [5, 5.41) is 9.40. The van der Waals surface area contributed by atoms with Crippen LogP contribution < -0.4 is 25.4 Å². The molecule has 45 heavy (non-hydrogen) atoms. The summed E-state index contributed by atoms with van der Waals surface area (Å²) in [6.07, 6.45) is 0.987. The number of ether oxygens (including phenoxy) is 2. The first-order valence-corrected chi connectivity index (χ1v) is 14.1. The van der Waals surface area contributed by atoms with Gasteiger partial charge in [-0.15, -0.1) is 0 Å². The van der Waals surface area contributed by atoms with E-state index in [9.17, 15) is 18.0 Å². The molecule has 1 aliphatic heterocycles. The SMILES string of the molecule is C=CC(=O)N1CCC(Nc2cc3c(Nc4ccc(Oc5ccnc(N[C@@H](C)C(F)(F)F)c5)cc4F)ncnc3cc2OC)CC1. The van der Waals surface area contributed by atoms with E-state index in [2.05, 4.69) is 37.5 Å². The van der Waals surface area contributed by atoms with E-state index in [1.165, 1.54) is 42.9 Å². The van der Waals surface area contributed by atoms with Gasteiger partial charge in [0.2, 0.25) is 5.91 Å². The van der Waals surface area contributed by atoms with Gasteiger partial charge < -0.3 is 30.3 Å². The molecule has 14 heteroatoms. The van der Waals surface area contributed by atoms with Crippen LogP contribution in [-0.2, 0) is 4.79 Å². The molecule has 0 bridgehead atoms. The van der Waals surface area contributed by atoms with Crippen molar-refractivity contribution < 1.29 is 31.8 Å². The van der Waals surface area contributed by atoms with Crippen LogP contribution in [0.25, 0.3) is 10.9 Å². The van der Waals surface area contributed by atoms with Crippen LogP contribution in [-0.4, -0.2) is 64.2 Å². The summed E-state index contributed by atoms with van der Waals surface area (Å²) in [5.74, 6) is 0.463. The number of anilines is 4. The summed E-state index contributed by atoms with van der Waals surface area (Å²) in [4.78, 5) is 26.3. The molecule has 2 aromatic heterocycles. The number of carbonyl (C=O) groups is 1. The number of rotatable bonds is 10. The normalized spacial score (nSPS) is 14.5. The van der Waals surface area contributed by atoms with E-state index in [1.807, 2.05) is 6.07 Å². The minimum atomic E-state index is -4.45. The van der Waals surface area contributed by atoms with Crippen molar-refractivity contribution in [3.05, 3.63) is 73.5 Å². The largest absolute Gasteiger partial charge is 0.495 e. The standard InChI is InChI=1S/C31H31F4N7O3/c1-4-29(43)42-11-8-19(9-12-42)40-26-15-22-25(16-27(26)44-3)37-17-38-30(22)41-24-6-5-20(13-23(24)32)45-21-7-10-36-28(14-21)39-18(2)31(33,34)35/h4-7,10,13-19,40H,1,8-9,11-12H2,2-3H3,(H,36,39)(H,37,38,41)/t18-/m0/s1. The van der Waals surface area contributed by atoms with Gasteiger partial charge in [-0.2, -0.15) is 13.2 Å². The third-order valence-corrected chi connectivity index (χ3v) is 7.31. The summed E-state index contributed by atoms with van der Waals surface area (Å²) < 4.78 is 65.2. The monoisotopic (exact) mass is 625 g/mol. The van der Waals surface area contributed by atoms with Crippen molar-refractivity contribution in [2.75, 3.05) is 36.1 Å². The Balaban J connectivity index is 1.32. The van der Waals surface area contributed by atoms with Crippen molar-refractivity contribution in [2.24, 2.45) is 0 Å². The molecule has 0 saturated carbocycles. The molecule has 5 rings (SSSR count).